The van der Waals surface area contributed by atoms with Crippen LogP contribution in [0.3, 0.4) is 0 Å². The van der Waals surface area contributed by atoms with Gasteiger partial charge in [0.15, 0.2) is 11.2 Å². The second-order valence-corrected chi connectivity index (χ2v) is 6.20. The average molecular weight is 332 g/mol. The monoisotopic (exact) mass is 332 g/mol. The van der Waals surface area contributed by atoms with Gasteiger partial charge >= 0.3 is 5.97 Å². The fourth-order valence-corrected chi connectivity index (χ4v) is 3.01. The van der Waals surface area contributed by atoms with E-state index in [-0.39, 0.29) is 5.78 Å². The second-order valence-electron chi connectivity index (χ2n) is 6.20. The minimum absolute atomic E-state index is 0.298. The van der Waals surface area contributed by atoms with Crippen molar-refractivity contribution < 1.29 is 23.8 Å². The zero-order chi connectivity index (χ0) is 17.9. The van der Waals surface area contributed by atoms with Crippen molar-refractivity contribution in [2.45, 2.75) is 38.9 Å². The molecule has 130 valence electrons. The summed E-state index contributed by atoms with van der Waals surface area (Å²) in [4.78, 5) is 24.9. The Labute approximate surface area is 142 Å². The maximum atomic E-state index is 12.7. The van der Waals surface area contributed by atoms with Crippen LogP contribution in [0.25, 0.3) is 0 Å². The van der Waals surface area contributed by atoms with Crippen LogP contribution in [-0.4, -0.2) is 38.2 Å². The molecule has 1 aromatic rings. The van der Waals surface area contributed by atoms with Crippen LogP contribution in [0.5, 0.6) is 5.75 Å². The van der Waals surface area contributed by atoms with Crippen molar-refractivity contribution in [1.29, 1.82) is 0 Å². The maximum Gasteiger partial charge on any atom is 0.322 e. The summed E-state index contributed by atoms with van der Waals surface area (Å²) in [6.07, 6.45) is 0.241. The number of ether oxygens (including phenoxy) is 3. The van der Waals surface area contributed by atoms with Gasteiger partial charge in [-0.25, -0.2) is 0 Å². The van der Waals surface area contributed by atoms with Crippen molar-refractivity contribution in [1.82, 2.24) is 0 Å². The maximum absolute atomic E-state index is 12.7. The van der Waals surface area contributed by atoms with Gasteiger partial charge in [0, 0.05) is 5.57 Å². The van der Waals surface area contributed by atoms with E-state index in [0.717, 1.165) is 11.3 Å². The molecule has 0 aromatic heterocycles. The Kier molecular flexibility index (Phi) is 5.44. The van der Waals surface area contributed by atoms with Gasteiger partial charge in [-0.1, -0.05) is 18.7 Å². The van der Waals surface area contributed by atoms with Crippen LogP contribution in [0.1, 0.15) is 25.8 Å². The summed E-state index contributed by atoms with van der Waals surface area (Å²) in [7, 11) is 2.90. The van der Waals surface area contributed by atoms with Gasteiger partial charge in [-0.2, -0.15) is 0 Å². The Balaban J connectivity index is 2.19. The SMILES string of the molecule is C=C1C(=O)[C@](C)(C(=O)OC)C(CCc2ccc(OC)cc2)O[C@@H]1C. The zero-order valence-corrected chi connectivity index (χ0v) is 14.6. The van der Waals surface area contributed by atoms with Crippen LogP contribution < -0.4 is 4.74 Å². The normalized spacial score (nSPS) is 27.0. The Morgan fingerprint density at radius 3 is 2.46 bits per heavy atom. The van der Waals surface area contributed by atoms with Gasteiger partial charge in [-0.15, -0.1) is 0 Å². The molecule has 1 heterocycles. The lowest BCUT2D eigenvalue weighted by Crippen LogP contribution is -2.55. The van der Waals surface area contributed by atoms with Gasteiger partial charge in [-0.05, 0) is 44.4 Å². The highest BCUT2D eigenvalue weighted by molar-refractivity contribution is 6.13. The van der Waals surface area contributed by atoms with Gasteiger partial charge < -0.3 is 14.2 Å². The van der Waals surface area contributed by atoms with E-state index in [9.17, 15) is 9.59 Å². The smallest absolute Gasteiger partial charge is 0.322 e. The predicted octanol–water partition coefficient (Wildman–Crippen LogP) is 2.72. The van der Waals surface area contributed by atoms with Crippen molar-refractivity contribution in [2.75, 3.05) is 14.2 Å². The predicted molar refractivity (Wildman–Crippen MR) is 89.9 cm³/mol. The molecule has 1 saturated heterocycles. The quantitative estimate of drug-likeness (QED) is 0.471. The highest BCUT2D eigenvalue weighted by atomic mass is 16.5. The van der Waals surface area contributed by atoms with Crippen molar-refractivity contribution in [2.24, 2.45) is 5.41 Å². The fraction of sp³-hybridized carbons (Fsp3) is 0.474. The molecule has 1 aromatic carbocycles. The molecule has 5 nitrogen and oxygen atoms in total. The molecule has 1 aliphatic rings. The number of benzene rings is 1. The highest BCUT2D eigenvalue weighted by Gasteiger charge is 2.54. The van der Waals surface area contributed by atoms with Crippen molar-refractivity contribution in [3.63, 3.8) is 0 Å². The third kappa shape index (κ3) is 3.22. The Bertz CT molecular complexity index is 634. The summed E-state index contributed by atoms with van der Waals surface area (Å²) in [5, 5.41) is 0. The summed E-state index contributed by atoms with van der Waals surface area (Å²) < 4.78 is 15.9. The molecule has 0 aliphatic carbocycles. The number of hydrogen-bond acceptors (Lipinski definition) is 5. The number of rotatable bonds is 5. The number of carbonyl (C=O) groups is 2. The molecular formula is C19H24O5. The van der Waals surface area contributed by atoms with E-state index in [1.165, 1.54) is 7.11 Å². The lowest BCUT2D eigenvalue weighted by molar-refractivity contribution is -0.175. The first-order chi connectivity index (χ1) is 11.3. The first-order valence-corrected chi connectivity index (χ1v) is 7.95. The van der Waals surface area contributed by atoms with E-state index >= 15 is 0 Å². The number of esters is 1. The van der Waals surface area contributed by atoms with E-state index in [1.54, 1.807) is 21.0 Å². The van der Waals surface area contributed by atoms with Crippen LogP contribution in [0.15, 0.2) is 36.4 Å². The van der Waals surface area contributed by atoms with Crippen LogP contribution in [0.2, 0.25) is 0 Å². The molecule has 0 radical (unpaired) electrons. The van der Waals surface area contributed by atoms with Crippen molar-refractivity contribution in [3.05, 3.63) is 42.0 Å². The van der Waals surface area contributed by atoms with Gasteiger partial charge in [0.25, 0.3) is 0 Å². The minimum Gasteiger partial charge on any atom is -0.497 e. The van der Waals surface area contributed by atoms with Crippen molar-refractivity contribution >= 4 is 11.8 Å². The number of aryl methyl sites for hydroxylation is 1. The molecule has 1 fully saturated rings. The molecule has 5 heteroatoms. The van der Waals surface area contributed by atoms with E-state index < -0.39 is 23.6 Å². The Morgan fingerprint density at radius 2 is 1.92 bits per heavy atom. The number of ketones is 1. The van der Waals surface area contributed by atoms with E-state index in [0.29, 0.717) is 18.4 Å². The molecule has 1 unspecified atom stereocenters. The molecule has 0 N–H and O–H groups in total. The van der Waals surface area contributed by atoms with Crippen LogP contribution in [-0.2, 0) is 25.5 Å². The zero-order valence-electron chi connectivity index (χ0n) is 14.6. The minimum atomic E-state index is -1.36. The Morgan fingerprint density at radius 1 is 1.29 bits per heavy atom. The first-order valence-electron chi connectivity index (χ1n) is 7.95. The number of methoxy groups -OCH3 is 2. The molecule has 1 aliphatic heterocycles. The lowest BCUT2D eigenvalue weighted by atomic mass is 9.72. The fourth-order valence-electron chi connectivity index (χ4n) is 3.01. The number of Topliss-reactive ketones (excluding diaryl/α,β-unsaturated/α-hetero) is 1. The molecule has 0 amide bonds. The standard InChI is InChI=1S/C19H24O5/c1-12-13(2)24-16(19(3,17(12)20)18(21)23-5)11-8-14-6-9-15(22-4)10-7-14/h6-7,9-10,13,16H,1,8,11H2,2-5H3/t13-,16?,19-/m1/s1. The molecule has 0 bridgehead atoms. The lowest BCUT2D eigenvalue weighted by Gasteiger charge is -2.41. The summed E-state index contributed by atoms with van der Waals surface area (Å²) in [5.74, 6) is -0.0970. The van der Waals surface area contributed by atoms with E-state index in [1.807, 2.05) is 24.3 Å². The topological polar surface area (TPSA) is 61.8 Å². The summed E-state index contributed by atoms with van der Waals surface area (Å²) in [6.45, 7) is 7.12. The van der Waals surface area contributed by atoms with Crippen LogP contribution >= 0.6 is 0 Å². The number of carbonyl (C=O) groups excluding carboxylic acids is 2. The van der Waals surface area contributed by atoms with Crippen LogP contribution in [0, 0.1) is 5.41 Å². The third-order valence-corrected chi connectivity index (χ3v) is 4.73. The number of hydrogen-bond donors (Lipinski definition) is 0. The average Bonchev–Trinajstić information content (AvgIpc) is 2.61. The van der Waals surface area contributed by atoms with Crippen molar-refractivity contribution in [3.8, 4) is 5.75 Å². The van der Waals surface area contributed by atoms with E-state index in [4.69, 9.17) is 14.2 Å². The van der Waals surface area contributed by atoms with Crippen LogP contribution in [0.4, 0.5) is 0 Å². The molecule has 24 heavy (non-hydrogen) atoms. The summed E-state index contributed by atoms with van der Waals surface area (Å²) in [5.41, 5.74) is 0.0323. The molecule has 2 rings (SSSR count). The van der Waals surface area contributed by atoms with Gasteiger partial charge in [0.2, 0.25) is 0 Å². The summed E-state index contributed by atoms with van der Waals surface area (Å²) in [6, 6.07) is 7.68. The second kappa shape index (κ2) is 7.18. The van der Waals surface area contributed by atoms with Gasteiger partial charge in [0.1, 0.15) is 5.75 Å². The highest BCUT2D eigenvalue weighted by Crippen LogP contribution is 2.39. The van der Waals surface area contributed by atoms with Gasteiger partial charge in [-0.3, -0.25) is 9.59 Å². The third-order valence-electron chi connectivity index (χ3n) is 4.73. The Hall–Kier alpha value is -2.14. The van der Waals surface area contributed by atoms with Gasteiger partial charge in [0.05, 0.1) is 26.4 Å². The molecule has 0 spiro atoms. The largest absolute Gasteiger partial charge is 0.497 e. The molecule has 3 atom stereocenters. The molecular weight excluding hydrogens is 308 g/mol. The first kappa shape index (κ1) is 18.2. The summed E-state index contributed by atoms with van der Waals surface area (Å²) >= 11 is 0. The van der Waals surface area contributed by atoms with E-state index in [2.05, 4.69) is 6.58 Å². The molecule has 0 saturated carbocycles.